The van der Waals surface area contributed by atoms with Crippen LogP contribution in [0.25, 0.3) is 11.0 Å². The molecule has 2 rings (SSSR count). The number of aromatic amines is 2. The fraction of sp³-hybridized carbons (Fsp3) is 0.273. The number of H-pyrrole nitrogens is 2. The Kier molecular flexibility index (Phi) is 4.11. The molecule has 0 saturated heterocycles. The highest BCUT2D eigenvalue weighted by Crippen LogP contribution is 2.15. The van der Waals surface area contributed by atoms with Crippen LogP contribution < -0.4 is 10.4 Å². The molecule has 0 spiro atoms. The molecule has 5 N–H and O–H groups in total. The van der Waals surface area contributed by atoms with E-state index in [1.54, 1.807) is 0 Å². The van der Waals surface area contributed by atoms with E-state index in [2.05, 4.69) is 9.97 Å². The van der Waals surface area contributed by atoms with Crippen LogP contribution in [0.5, 0.6) is 0 Å². The van der Waals surface area contributed by atoms with Crippen molar-refractivity contribution in [1.82, 2.24) is 14.7 Å². The molecule has 1 atom stereocenters. The minimum Gasteiger partial charge on any atom is -0.480 e. The van der Waals surface area contributed by atoms with E-state index < -0.39 is 34.3 Å². The van der Waals surface area contributed by atoms with Crippen molar-refractivity contribution in [3.63, 3.8) is 0 Å². The first kappa shape index (κ1) is 15.2. The van der Waals surface area contributed by atoms with E-state index in [0.29, 0.717) is 5.52 Å². The number of aliphatic hydroxyl groups excluding tert-OH is 1. The van der Waals surface area contributed by atoms with Crippen LogP contribution in [0, 0.1) is 0 Å². The van der Waals surface area contributed by atoms with Gasteiger partial charge in [-0.2, -0.15) is 4.72 Å². The normalized spacial score (nSPS) is 13.4. The van der Waals surface area contributed by atoms with Gasteiger partial charge >= 0.3 is 11.7 Å². The van der Waals surface area contributed by atoms with Crippen molar-refractivity contribution in [1.29, 1.82) is 0 Å². The summed E-state index contributed by atoms with van der Waals surface area (Å²) in [6.07, 6.45) is -0.252. The third-order valence-electron chi connectivity index (χ3n) is 2.81. The maximum atomic E-state index is 12.1. The molecule has 10 heteroatoms. The number of sulfonamides is 1. The van der Waals surface area contributed by atoms with Gasteiger partial charge in [-0.05, 0) is 24.6 Å². The number of nitrogens with one attached hydrogen (secondary N) is 3. The fourth-order valence-corrected chi connectivity index (χ4v) is 3.05. The van der Waals surface area contributed by atoms with Gasteiger partial charge in [-0.15, -0.1) is 0 Å². The minimum absolute atomic E-state index is 0.186. The number of hydrogen-bond donors (Lipinski definition) is 5. The second kappa shape index (κ2) is 5.68. The summed E-state index contributed by atoms with van der Waals surface area (Å²) >= 11 is 0. The molecule has 21 heavy (non-hydrogen) atoms. The molecule has 0 unspecified atom stereocenters. The van der Waals surface area contributed by atoms with Crippen molar-refractivity contribution in [2.24, 2.45) is 0 Å². The fourth-order valence-electron chi connectivity index (χ4n) is 1.80. The smallest absolute Gasteiger partial charge is 0.323 e. The summed E-state index contributed by atoms with van der Waals surface area (Å²) in [5.41, 5.74) is 0.247. The molecular weight excluding hydrogens is 302 g/mol. The molecule has 1 aromatic heterocycles. The third kappa shape index (κ3) is 3.29. The number of aliphatic hydroxyl groups is 1. The summed E-state index contributed by atoms with van der Waals surface area (Å²) < 4.78 is 26.2. The molecule has 0 radical (unpaired) electrons. The molecular formula is C11H13N3O6S. The zero-order valence-electron chi connectivity index (χ0n) is 10.7. The molecule has 9 nitrogen and oxygen atoms in total. The quantitative estimate of drug-likeness (QED) is 0.459. The van der Waals surface area contributed by atoms with Crippen molar-refractivity contribution in [3.05, 3.63) is 28.7 Å². The number of fused-ring (bicyclic) bond motifs is 1. The Labute approximate surface area is 118 Å². The maximum Gasteiger partial charge on any atom is 0.323 e. The van der Waals surface area contributed by atoms with Gasteiger partial charge in [-0.1, -0.05) is 0 Å². The van der Waals surface area contributed by atoms with Gasteiger partial charge in [-0.3, -0.25) is 4.79 Å². The largest absolute Gasteiger partial charge is 0.480 e. The first-order valence-electron chi connectivity index (χ1n) is 5.91. The predicted octanol–water partition coefficient (Wildman–Crippen LogP) is -1.03. The summed E-state index contributed by atoms with van der Waals surface area (Å²) in [4.78, 5) is 26.7. The Balaban J connectivity index is 2.36. The van der Waals surface area contributed by atoms with E-state index >= 15 is 0 Å². The molecule has 0 saturated carbocycles. The standard InChI is InChI=1S/C11H13N3O6S/c15-4-3-8(10(16)17)14-21(19,20)6-1-2-7-9(5-6)13-11(18)12-7/h1-2,5,8,14-15H,3-4H2,(H,16,17)(H2,12,13,18)/t8-/m0/s1. The summed E-state index contributed by atoms with van der Waals surface area (Å²) in [7, 11) is -4.09. The Morgan fingerprint density at radius 3 is 2.57 bits per heavy atom. The molecule has 114 valence electrons. The van der Waals surface area contributed by atoms with Gasteiger partial charge in [0.2, 0.25) is 10.0 Å². The van der Waals surface area contributed by atoms with Gasteiger partial charge in [0.25, 0.3) is 0 Å². The molecule has 0 aliphatic carbocycles. The predicted molar refractivity (Wildman–Crippen MR) is 72.4 cm³/mol. The van der Waals surface area contributed by atoms with Crippen molar-refractivity contribution in [2.75, 3.05) is 6.61 Å². The minimum atomic E-state index is -4.09. The lowest BCUT2D eigenvalue weighted by Crippen LogP contribution is -2.41. The van der Waals surface area contributed by atoms with Crippen molar-refractivity contribution >= 4 is 27.0 Å². The van der Waals surface area contributed by atoms with Gasteiger partial charge in [-0.25, -0.2) is 13.2 Å². The first-order valence-corrected chi connectivity index (χ1v) is 7.40. The molecule has 0 fully saturated rings. The lowest BCUT2D eigenvalue weighted by atomic mass is 10.2. The molecule has 1 heterocycles. The number of benzene rings is 1. The lowest BCUT2D eigenvalue weighted by Gasteiger charge is -2.13. The van der Waals surface area contributed by atoms with E-state index in [-0.39, 0.29) is 16.8 Å². The topological polar surface area (TPSA) is 152 Å². The number of carbonyl (C=O) groups is 1. The van der Waals surface area contributed by atoms with Crippen LogP contribution in [0.4, 0.5) is 0 Å². The van der Waals surface area contributed by atoms with E-state index in [1.807, 2.05) is 4.72 Å². The molecule has 1 aromatic carbocycles. The van der Waals surface area contributed by atoms with Crippen molar-refractivity contribution in [2.45, 2.75) is 17.4 Å². The summed E-state index contributed by atoms with van der Waals surface area (Å²) in [5, 5.41) is 17.7. The van der Waals surface area contributed by atoms with Crippen LogP contribution in [0.2, 0.25) is 0 Å². The summed E-state index contributed by atoms with van der Waals surface area (Å²) in [6.45, 7) is -0.469. The second-order valence-corrected chi connectivity index (χ2v) is 6.02. The number of rotatable bonds is 6. The van der Waals surface area contributed by atoms with Crippen LogP contribution in [-0.2, 0) is 14.8 Å². The molecule has 0 aliphatic rings. The van der Waals surface area contributed by atoms with Crippen LogP contribution in [-0.4, -0.2) is 47.2 Å². The van der Waals surface area contributed by atoms with Gasteiger partial charge in [0, 0.05) is 6.61 Å². The zero-order chi connectivity index (χ0) is 15.6. The highest BCUT2D eigenvalue weighted by atomic mass is 32.2. The van der Waals surface area contributed by atoms with Gasteiger partial charge < -0.3 is 20.2 Å². The average Bonchev–Trinajstić information content (AvgIpc) is 2.76. The molecule has 0 amide bonds. The zero-order valence-corrected chi connectivity index (χ0v) is 11.5. The van der Waals surface area contributed by atoms with E-state index in [0.717, 1.165) is 0 Å². The SMILES string of the molecule is O=C(O)[C@H](CCO)NS(=O)(=O)c1ccc2[nH]c(=O)[nH]c2c1. The Bertz CT molecular complexity index is 822. The number of carboxylic acid groups (broad SMARTS) is 1. The molecule has 0 aliphatic heterocycles. The summed E-state index contributed by atoms with van der Waals surface area (Å²) in [6, 6.07) is 2.42. The monoisotopic (exact) mass is 315 g/mol. The van der Waals surface area contributed by atoms with Gasteiger partial charge in [0.05, 0.1) is 15.9 Å². The van der Waals surface area contributed by atoms with E-state index in [9.17, 15) is 18.0 Å². The Morgan fingerprint density at radius 1 is 1.29 bits per heavy atom. The highest BCUT2D eigenvalue weighted by molar-refractivity contribution is 7.89. The van der Waals surface area contributed by atoms with E-state index in [1.165, 1.54) is 18.2 Å². The van der Waals surface area contributed by atoms with Crippen LogP contribution in [0.1, 0.15) is 6.42 Å². The van der Waals surface area contributed by atoms with Crippen LogP contribution in [0.3, 0.4) is 0 Å². The van der Waals surface area contributed by atoms with Gasteiger partial charge in [0.1, 0.15) is 6.04 Å². The number of aromatic nitrogens is 2. The highest BCUT2D eigenvalue weighted by Gasteiger charge is 2.25. The number of imidazole rings is 1. The lowest BCUT2D eigenvalue weighted by molar-refractivity contribution is -0.139. The van der Waals surface area contributed by atoms with Crippen molar-refractivity contribution in [3.8, 4) is 0 Å². The molecule has 2 aromatic rings. The summed E-state index contributed by atoms with van der Waals surface area (Å²) in [5.74, 6) is -1.39. The van der Waals surface area contributed by atoms with Gasteiger partial charge in [0.15, 0.2) is 0 Å². The van der Waals surface area contributed by atoms with Crippen LogP contribution in [0.15, 0.2) is 27.9 Å². The number of carboxylic acids is 1. The Hall–Kier alpha value is -2.17. The van der Waals surface area contributed by atoms with Crippen LogP contribution >= 0.6 is 0 Å². The van der Waals surface area contributed by atoms with Crippen molar-refractivity contribution < 1.29 is 23.4 Å². The van der Waals surface area contributed by atoms with E-state index in [4.69, 9.17) is 10.2 Å². The molecule has 0 bridgehead atoms. The second-order valence-electron chi connectivity index (χ2n) is 4.31. The number of aliphatic carboxylic acids is 1. The Morgan fingerprint density at radius 2 is 1.95 bits per heavy atom. The first-order chi connectivity index (χ1) is 9.83. The third-order valence-corrected chi connectivity index (χ3v) is 4.28. The maximum absolute atomic E-state index is 12.1. The average molecular weight is 315 g/mol. The number of hydrogen-bond acceptors (Lipinski definition) is 5.